The summed E-state index contributed by atoms with van der Waals surface area (Å²) in [5, 5.41) is 2.84. The molecule has 0 saturated carbocycles. The quantitative estimate of drug-likeness (QED) is 0.759. The third-order valence-corrected chi connectivity index (χ3v) is 1.79. The largest absolute Gasteiger partial charge is 0.432 e. The van der Waals surface area contributed by atoms with Gasteiger partial charge >= 0.3 is 0 Å². The molecule has 13 heavy (non-hydrogen) atoms. The Labute approximate surface area is 76.4 Å². The number of rotatable bonds is 2. The molecule has 1 aromatic carbocycles. The van der Waals surface area contributed by atoms with Crippen molar-refractivity contribution >= 4 is 6.01 Å². The molecule has 0 radical (unpaired) electrons. The Morgan fingerprint density at radius 1 is 1.23 bits per heavy atom. The molecule has 0 saturated heterocycles. The molecule has 1 N–H and O–H groups in total. The second-order valence-corrected chi connectivity index (χ2v) is 2.65. The molecule has 2 aromatic rings. The first-order valence-electron chi connectivity index (χ1n) is 4.09. The molecule has 0 aliphatic carbocycles. The van der Waals surface area contributed by atoms with E-state index >= 15 is 0 Å². The topological polar surface area (TPSA) is 38.1 Å². The van der Waals surface area contributed by atoms with Crippen LogP contribution in [0.4, 0.5) is 6.01 Å². The third-order valence-electron chi connectivity index (χ3n) is 1.79. The van der Waals surface area contributed by atoms with Crippen molar-refractivity contribution in [2.75, 3.05) is 12.4 Å². The zero-order valence-electron chi connectivity index (χ0n) is 7.32. The molecule has 0 unspecified atom stereocenters. The Morgan fingerprint density at radius 2 is 2.00 bits per heavy atom. The number of aromatic nitrogens is 1. The van der Waals surface area contributed by atoms with Gasteiger partial charge in [-0.3, -0.25) is 0 Å². The van der Waals surface area contributed by atoms with Gasteiger partial charge in [0.25, 0.3) is 6.01 Å². The van der Waals surface area contributed by atoms with Gasteiger partial charge in [0.1, 0.15) is 12.0 Å². The summed E-state index contributed by atoms with van der Waals surface area (Å²) in [6.07, 6.45) is 1.64. The molecule has 66 valence electrons. The molecule has 1 heterocycles. The van der Waals surface area contributed by atoms with Crippen molar-refractivity contribution in [1.29, 1.82) is 0 Å². The van der Waals surface area contributed by atoms with Gasteiger partial charge in [-0.15, -0.1) is 0 Å². The van der Waals surface area contributed by atoms with E-state index in [-0.39, 0.29) is 0 Å². The van der Waals surface area contributed by atoms with Gasteiger partial charge in [0.05, 0.1) is 0 Å². The van der Waals surface area contributed by atoms with Gasteiger partial charge in [-0.25, -0.2) is 0 Å². The monoisotopic (exact) mass is 174 g/mol. The van der Waals surface area contributed by atoms with Crippen molar-refractivity contribution in [2.45, 2.75) is 0 Å². The number of hydrogen-bond donors (Lipinski definition) is 1. The minimum Gasteiger partial charge on any atom is -0.432 e. The van der Waals surface area contributed by atoms with E-state index in [1.807, 2.05) is 30.3 Å². The number of hydrogen-bond acceptors (Lipinski definition) is 3. The SMILES string of the molecule is CNc1nc(-c2ccccc2)co1. The van der Waals surface area contributed by atoms with E-state index in [4.69, 9.17) is 4.42 Å². The standard InChI is InChI=1S/C10H10N2O/c1-11-10-12-9(7-13-10)8-5-3-2-4-6-8/h2-7H,1H3,(H,11,12). The lowest BCUT2D eigenvalue weighted by Crippen LogP contribution is -1.86. The molecule has 0 aliphatic heterocycles. The number of benzene rings is 1. The highest BCUT2D eigenvalue weighted by Gasteiger charge is 2.02. The second kappa shape index (κ2) is 3.31. The van der Waals surface area contributed by atoms with Crippen molar-refractivity contribution in [3.63, 3.8) is 0 Å². The van der Waals surface area contributed by atoms with Crippen LogP contribution in [0.25, 0.3) is 11.3 Å². The van der Waals surface area contributed by atoms with Crippen LogP contribution in [0.2, 0.25) is 0 Å². The minimum atomic E-state index is 0.541. The average Bonchev–Trinajstić information content (AvgIpc) is 2.67. The fourth-order valence-corrected chi connectivity index (χ4v) is 1.13. The van der Waals surface area contributed by atoms with Crippen LogP contribution in [-0.2, 0) is 0 Å². The fraction of sp³-hybridized carbons (Fsp3) is 0.100. The van der Waals surface area contributed by atoms with Gasteiger partial charge in [-0.1, -0.05) is 30.3 Å². The molecule has 3 nitrogen and oxygen atoms in total. The van der Waals surface area contributed by atoms with Crippen molar-refractivity contribution in [3.05, 3.63) is 36.6 Å². The maximum Gasteiger partial charge on any atom is 0.294 e. The molecule has 0 amide bonds. The summed E-state index contributed by atoms with van der Waals surface area (Å²) in [5.41, 5.74) is 1.91. The molecular weight excluding hydrogens is 164 g/mol. The van der Waals surface area contributed by atoms with Crippen LogP contribution in [-0.4, -0.2) is 12.0 Å². The molecule has 0 fully saturated rings. The van der Waals surface area contributed by atoms with Gasteiger partial charge in [0.15, 0.2) is 0 Å². The summed E-state index contributed by atoms with van der Waals surface area (Å²) in [6, 6.07) is 10.5. The molecule has 1 aromatic heterocycles. The number of anilines is 1. The molecule has 0 aliphatic rings. The summed E-state index contributed by atoms with van der Waals surface area (Å²) in [7, 11) is 1.78. The van der Waals surface area contributed by atoms with Crippen LogP contribution in [0.5, 0.6) is 0 Å². The van der Waals surface area contributed by atoms with Crippen LogP contribution < -0.4 is 5.32 Å². The maximum absolute atomic E-state index is 5.15. The lowest BCUT2D eigenvalue weighted by atomic mass is 10.2. The van der Waals surface area contributed by atoms with E-state index in [9.17, 15) is 0 Å². The van der Waals surface area contributed by atoms with E-state index in [0.29, 0.717) is 6.01 Å². The molecular formula is C10H10N2O. The molecule has 0 atom stereocenters. The van der Waals surface area contributed by atoms with E-state index in [2.05, 4.69) is 10.3 Å². The summed E-state index contributed by atoms with van der Waals surface area (Å²) >= 11 is 0. The fourth-order valence-electron chi connectivity index (χ4n) is 1.13. The van der Waals surface area contributed by atoms with Gasteiger partial charge in [0.2, 0.25) is 0 Å². The molecule has 2 rings (SSSR count). The average molecular weight is 174 g/mol. The Hall–Kier alpha value is -1.77. The summed E-state index contributed by atoms with van der Waals surface area (Å²) in [4.78, 5) is 4.22. The first-order valence-corrected chi connectivity index (χ1v) is 4.09. The highest BCUT2D eigenvalue weighted by Crippen LogP contribution is 2.19. The van der Waals surface area contributed by atoms with Crippen LogP contribution >= 0.6 is 0 Å². The highest BCUT2D eigenvalue weighted by atomic mass is 16.4. The van der Waals surface area contributed by atoms with Crippen molar-refractivity contribution < 1.29 is 4.42 Å². The Morgan fingerprint density at radius 3 is 2.62 bits per heavy atom. The van der Waals surface area contributed by atoms with Crippen LogP contribution in [0.15, 0.2) is 41.0 Å². The lowest BCUT2D eigenvalue weighted by Gasteiger charge is -1.92. The third kappa shape index (κ3) is 1.54. The van der Waals surface area contributed by atoms with E-state index in [0.717, 1.165) is 11.3 Å². The van der Waals surface area contributed by atoms with Crippen molar-refractivity contribution in [1.82, 2.24) is 4.98 Å². The first-order chi connectivity index (χ1) is 6.40. The number of nitrogens with one attached hydrogen (secondary N) is 1. The Bertz CT molecular complexity index is 381. The van der Waals surface area contributed by atoms with Crippen molar-refractivity contribution in [2.24, 2.45) is 0 Å². The molecule has 0 spiro atoms. The normalized spacial score (nSPS) is 9.92. The highest BCUT2D eigenvalue weighted by molar-refractivity contribution is 5.58. The van der Waals surface area contributed by atoms with Gasteiger partial charge in [-0.05, 0) is 0 Å². The van der Waals surface area contributed by atoms with Crippen LogP contribution in [0.1, 0.15) is 0 Å². The van der Waals surface area contributed by atoms with Crippen LogP contribution in [0, 0.1) is 0 Å². The lowest BCUT2D eigenvalue weighted by molar-refractivity contribution is 0.576. The molecule has 3 heteroatoms. The van der Waals surface area contributed by atoms with E-state index in [1.54, 1.807) is 13.3 Å². The predicted octanol–water partition coefficient (Wildman–Crippen LogP) is 2.38. The van der Waals surface area contributed by atoms with Crippen LogP contribution in [0.3, 0.4) is 0 Å². The van der Waals surface area contributed by atoms with E-state index in [1.165, 1.54) is 0 Å². The second-order valence-electron chi connectivity index (χ2n) is 2.65. The molecule has 0 bridgehead atoms. The van der Waals surface area contributed by atoms with Crippen molar-refractivity contribution in [3.8, 4) is 11.3 Å². The predicted molar refractivity (Wildman–Crippen MR) is 51.5 cm³/mol. The van der Waals surface area contributed by atoms with Gasteiger partial charge in [-0.2, -0.15) is 4.98 Å². The Kier molecular flexibility index (Phi) is 2.00. The van der Waals surface area contributed by atoms with Gasteiger partial charge in [0, 0.05) is 12.6 Å². The zero-order valence-corrected chi connectivity index (χ0v) is 7.32. The maximum atomic E-state index is 5.15. The Balaban J connectivity index is 2.36. The smallest absolute Gasteiger partial charge is 0.294 e. The summed E-state index contributed by atoms with van der Waals surface area (Å²) in [5.74, 6) is 0. The van der Waals surface area contributed by atoms with E-state index < -0.39 is 0 Å². The summed E-state index contributed by atoms with van der Waals surface area (Å²) < 4.78 is 5.15. The minimum absolute atomic E-state index is 0.541. The summed E-state index contributed by atoms with van der Waals surface area (Å²) in [6.45, 7) is 0. The number of oxazole rings is 1. The number of nitrogens with zero attached hydrogens (tertiary/aromatic N) is 1. The van der Waals surface area contributed by atoms with Gasteiger partial charge < -0.3 is 9.73 Å². The zero-order chi connectivity index (χ0) is 9.10. The first kappa shape index (κ1) is 7.86.